The normalized spacial score (nSPS) is 28.4. The molecule has 0 aliphatic carbocycles. The molecule has 1 spiro atoms. The Hall–Kier alpha value is -3.50. The highest BCUT2D eigenvalue weighted by molar-refractivity contribution is 6.32. The molecule has 2 saturated heterocycles. The summed E-state index contributed by atoms with van der Waals surface area (Å²) in [5.41, 5.74) is -0.432. The van der Waals surface area contributed by atoms with Gasteiger partial charge in [0.15, 0.2) is 5.41 Å². The standard InChI is InChI=1S/C23H21ClN4O6/c1-12-11-26-18-8-7-17(28(32)33)9-14(18)10-23(19(26)13(2)34-12)20(29)25-22(31)27(21(23)30)16-5-3-15(24)4-6-16/h3-9,12-13,19H,10-11H2,1-2H3,(H,25,29,31). The van der Waals surface area contributed by atoms with Gasteiger partial charge in [-0.05, 0) is 49.7 Å². The Kier molecular flexibility index (Phi) is 5.10. The minimum absolute atomic E-state index is 0.116. The maximum absolute atomic E-state index is 14.1. The quantitative estimate of drug-likeness (QED) is 0.395. The summed E-state index contributed by atoms with van der Waals surface area (Å²) in [6.07, 6.45) is -0.864. The number of anilines is 2. The molecule has 0 radical (unpaired) electrons. The Labute approximate surface area is 199 Å². The Morgan fingerprint density at radius 1 is 1.15 bits per heavy atom. The Morgan fingerprint density at radius 3 is 2.53 bits per heavy atom. The number of carbonyl (C=O) groups is 3. The summed E-state index contributed by atoms with van der Waals surface area (Å²) in [6, 6.07) is 8.97. The lowest BCUT2D eigenvalue weighted by molar-refractivity contribution is -0.384. The second kappa shape index (κ2) is 7.78. The molecule has 176 valence electrons. The minimum atomic E-state index is -1.74. The zero-order valence-electron chi connectivity index (χ0n) is 18.4. The van der Waals surface area contributed by atoms with Crippen molar-refractivity contribution in [2.24, 2.45) is 5.41 Å². The van der Waals surface area contributed by atoms with Gasteiger partial charge in [-0.3, -0.25) is 25.0 Å². The number of halogens is 1. The lowest BCUT2D eigenvalue weighted by Gasteiger charge is -2.56. The van der Waals surface area contributed by atoms with Gasteiger partial charge in [-0.1, -0.05) is 11.6 Å². The van der Waals surface area contributed by atoms with Gasteiger partial charge >= 0.3 is 6.03 Å². The number of nitro groups is 1. The van der Waals surface area contributed by atoms with Gasteiger partial charge < -0.3 is 9.64 Å². The average Bonchev–Trinajstić information content (AvgIpc) is 2.78. The van der Waals surface area contributed by atoms with Gasteiger partial charge in [-0.15, -0.1) is 0 Å². The molecule has 5 rings (SSSR count). The molecule has 2 aromatic carbocycles. The van der Waals surface area contributed by atoms with Crippen molar-refractivity contribution < 1.29 is 24.0 Å². The van der Waals surface area contributed by atoms with Crippen molar-refractivity contribution in [3.63, 3.8) is 0 Å². The van der Waals surface area contributed by atoms with Gasteiger partial charge in [-0.25, -0.2) is 9.69 Å². The van der Waals surface area contributed by atoms with Gasteiger partial charge in [0, 0.05) is 35.8 Å². The number of non-ortho nitro benzene ring substituents is 1. The van der Waals surface area contributed by atoms with Crippen LogP contribution in [0, 0.1) is 15.5 Å². The molecule has 2 fully saturated rings. The van der Waals surface area contributed by atoms with E-state index in [4.69, 9.17) is 16.3 Å². The van der Waals surface area contributed by atoms with E-state index in [-0.39, 0.29) is 23.9 Å². The average molecular weight is 485 g/mol. The van der Waals surface area contributed by atoms with Crippen LogP contribution in [0.25, 0.3) is 0 Å². The molecule has 3 aliphatic heterocycles. The molecule has 34 heavy (non-hydrogen) atoms. The molecule has 10 nitrogen and oxygen atoms in total. The predicted octanol–water partition coefficient (Wildman–Crippen LogP) is 3.06. The molecule has 3 aliphatic rings. The summed E-state index contributed by atoms with van der Waals surface area (Å²) < 4.78 is 6.04. The van der Waals surface area contributed by atoms with E-state index in [1.165, 1.54) is 24.3 Å². The highest BCUT2D eigenvalue weighted by atomic mass is 35.5. The molecule has 2 aromatic rings. The van der Waals surface area contributed by atoms with Crippen LogP contribution in [-0.4, -0.2) is 47.6 Å². The number of barbiturate groups is 1. The molecule has 1 N–H and O–H groups in total. The van der Waals surface area contributed by atoms with E-state index in [0.717, 1.165) is 4.90 Å². The van der Waals surface area contributed by atoms with Crippen LogP contribution in [0.1, 0.15) is 19.4 Å². The number of nitro benzene ring substituents is 1. The van der Waals surface area contributed by atoms with Crippen LogP contribution >= 0.6 is 11.6 Å². The highest BCUT2D eigenvalue weighted by Gasteiger charge is 2.65. The second-order valence-corrected chi connectivity index (χ2v) is 9.28. The van der Waals surface area contributed by atoms with Crippen LogP contribution in [0.2, 0.25) is 5.02 Å². The number of hydrogen-bond donors (Lipinski definition) is 1. The fourth-order valence-corrected chi connectivity index (χ4v) is 5.58. The molecule has 4 atom stereocenters. The number of carbonyl (C=O) groups excluding carboxylic acids is 3. The van der Waals surface area contributed by atoms with E-state index in [9.17, 15) is 24.5 Å². The summed E-state index contributed by atoms with van der Waals surface area (Å²) in [7, 11) is 0. The van der Waals surface area contributed by atoms with Crippen molar-refractivity contribution in [1.82, 2.24) is 5.32 Å². The Morgan fingerprint density at radius 2 is 1.85 bits per heavy atom. The van der Waals surface area contributed by atoms with Crippen LogP contribution in [0.4, 0.5) is 21.9 Å². The molecule has 4 amide bonds. The van der Waals surface area contributed by atoms with Crippen LogP contribution in [-0.2, 0) is 20.7 Å². The van der Waals surface area contributed by atoms with E-state index >= 15 is 0 Å². The molecule has 11 heteroatoms. The first-order valence-corrected chi connectivity index (χ1v) is 11.2. The van der Waals surface area contributed by atoms with Crippen molar-refractivity contribution in [3.8, 4) is 0 Å². The van der Waals surface area contributed by atoms with Gasteiger partial charge in [-0.2, -0.15) is 0 Å². The molecule has 0 bridgehead atoms. The third-order valence-electron chi connectivity index (χ3n) is 6.74. The molecule has 4 unspecified atom stereocenters. The third kappa shape index (κ3) is 3.17. The fourth-order valence-electron chi connectivity index (χ4n) is 5.45. The van der Waals surface area contributed by atoms with E-state index in [1.54, 1.807) is 25.1 Å². The SMILES string of the molecule is CC1CN2c3ccc([N+](=O)[O-])cc3CC3(C(=O)NC(=O)N(c4ccc(Cl)cc4)C3=O)C2C(C)O1. The summed E-state index contributed by atoms with van der Waals surface area (Å²) >= 11 is 5.97. The first-order valence-electron chi connectivity index (χ1n) is 10.8. The minimum Gasteiger partial charge on any atom is -0.372 e. The number of imide groups is 2. The summed E-state index contributed by atoms with van der Waals surface area (Å²) in [6.45, 7) is 4.04. The highest BCUT2D eigenvalue weighted by Crippen LogP contribution is 2.49. The number of nitrogens with zero attached hydrogens (tertiary/aromatic N) is 3. The number of rotatable bonds is 2. The van der Waals surface area contributed by atoms with E-state index in [0.29, 0.717) is 22.8 Å². The largest absolute Gasteiger partial charge is 0.372 e. The smallest absolute Gasteiger partial charge is 0.335 e. The second-order valence-electron chi connectivity index (χ2n) is 8.84. The molecular weight excluding hydrogens is 464 g/mol. The predicted molar refractivity (Wildman–Crippen MR) is 123 cm³/mol. The summed E-state index contributed by atoms with van der Waals surface area (Å²) in [5.74, 6) is -1.45. The van der Waals surface area contributed by atoms with Crippen molar-refractivity contribution in [3.05, 3.63) is 63.2 Å². The van der Waals surface area contributed by atoms with Gasteiger partial charge in [0.25, 0.3) is 11.6 Å². The third-order valence-corrected chi connectivity index (χ3v) is 6.99. The Bertz CT molecular complexity index is 1230. The van der Waals surface area contributed by atoms with E-state index in [2.05, 4.69) is 5.32 Å². The van der Waals surface area contributed by atoms with Crippen molar-refractivity contribution >= 4 is 46.5 Å². The maximum Gasteiger partial charge on any atom is 0.335 e. The van der Waals surface area contributed by atoms with E-state index in [1.807, 2.05) is 11.8 Å². The topological polar surface area (TPSA) is 122 Å². The summed E-state index contributed by atoms with van der Waals surface area (Å²) in [5, 5.41) is 14.2. The number of ether oxygens (including phenoxy) is 1. The van der Waals surface area contributed by atoms with Gasteiger partial charge in [0.2, 0.25) is 5.91 Å². The number of urea groups is 1. The van der Waals surface area contributed by atoms with Crippen LogP contribution in [0.5, 0.6) is 0 Å². The fraction of sp³-hybridized carbons (Fsp3) is 0.348. The number of fused-ring (bicyclic) bond motifs is 4. The first kappa shape index (κ1) is 22.3. The number of morpholine rings is 1. The molecule has 0 aromatic heterocycles. The zero-order chi connectivity index (χ0) is 24.4. The number of amides is 4. The van der Waals surface area contributed by atoms with Crippen LogP contribution in [0.3, 0.4) is 0 Å². The molecule has 3 heterocycles. The lowest BCUT2D eigenvalue weighted by Crippen LogP contribution is -2.76. The van der Waals surface area contributed by atoms with Crippen molar-refractivity contribution in [1.29, 1.82) is 0 Å². The first-order chi connectivity index (χ1) is 16.1. The van der Waals surface area contributed by atoms with Gasteiger partial charge in [0.05, 0.1) is 28.9 Å². The lowest BCUT2D eigenvalue weighted by atomic mass is 9.66. The van der Waals surface area contributed by atoms with Crippen molar-refractivity contribution in [2.45, 2.75) is 38.5 Å². The maximum atomic E-state index is 14.1. The molecular formula is C23H21ClN4O6. The molecule has 0 saturated carbocycles. The van der Waals surface area contributed by atoms with Crippen molar-refractivity contribution in [2.75, 3.05) is 16.3 Å². The van der Waals surface area contributed by atoms with Crippen LogP contribution < -0.4 is 15.1 Å². The number of benzene rings is 2. The number of hydrogen-bond acceptors (Lipinski definition) is 7. The van der Waals surface area contributed by atoms with Gasteiger partial charge in [0.1, 0.15) is 0 Å². The summed E-state index contributed by atoms with van der Waals surface area (Å²) in [4.78, 5) is 54.2. The van der Waals surface area contributed by atoms with E-state index < -0.39 is 40.3 Å². The Balaban J connectivity index is 1.70. The van der Waals surface area contributed by atoms with Crippen LogP contribution in [0.15, 0.2) is 42.5 Å². The monoisotopic (exact) mass is 484 g/mol. The number of nitrogens with one attached hydrogen (secondary N) is 1. The zero-order valence-corrected chi connectivity index (χ0v) is 19.1.